The van der Waals surface area contributed by atoms with Crippen molar-refractivity contribution in [3.63, 3.8) is 0 Å². The van der Waals surface area contributed by atoms with Gasteiger partial charge in [0.15, 0.2) is 5.11 Å². The Morgan fingerprint density at radius 2 is 2.09 bits per heavy atom. The number of carbonyl (C=O) groups is 1. The first-order valence-electron chi connectivity index (χ1n) is 6.64. The number of tetrazole rings is 1. The second-order valence-electron chi connectivity index (χ2n) is 4.44. The average molecular weight is 335 g/mol. The highest BCUT2D eigenvalue weighted by atomic mass is 32.1. The largest absolute Gasteiger partial charge is 0.300 e. The van der Waals surface area contributed by atoms with Crippen LogP contribution in [-0.4, -0.2) is 36.2 Å². The number of nitro groups is 1. The van der Waals surface area contributed by atoms with E-state index in [1.807, 2.05) is 6.92 Å². The van der Waals surface area contributed by atoms with E-state index in [0.29, 0.717) is 12.5 Å². The van der Waals surface area contributed by atoms with E-state index in [1.165, 1.54) is 28.9 Å². The lowest BCUT2D eigenvalue weighted by Crippen LogP contribution is -2.35. The SMILES string of the molecule is CCCn1nnnc1NC(=S)NC(=O)c1ccc([N+](=O)[O-])cc1. The van der Waals surface area contributed by atoms with Crippen LogP contribution >= 0.6 is 12.2 Å². The van der Waals surface area contributed by atoms with Crippen LogP contribution in [0.1, 0.15) is 23.7 Å². The average Bonchev–Trinajstić information content (AvgIpc) is 2.94. The minimum Gasteiger partial charge on any atom is -0.300 e. The number of anilines is 1. The lowest BCUT2D eigenvalue weighted by atomic mass is 10.2. The molecule has 1 amide bonds. The van der Waals surface area contributed by atoms with Crippen LogP contribution in [0.5, 0.6) is 0 Å². The van der Waals surface area contributed by atoms with Gasteiger partial charge in [-0.25, -0.2) is 4.68 Å². The molecule has 2 N–H and O–H groups in total. The fourth-order valence-electron chi connectivity index (χ4n) is 1.70. The van der Waals surface area contributed by atoms with Crippen molar-refractivity contribution in [3.05, 3.63) is 39.9 Å². The first kappa shape index (κ1) is 16.4. The molecule has 0 radical (unpaired) electrons. The van der Waals surface area contributed by atoms with Crippen LogP contribution in [0.15, 0.2) is 24.3 Å². The van der Waals surface area contributed by atoms with Crippen LogP contribution in [0.25, 0.3) is 0 Å². The van der Waals surface area contributed by atoms with Gasteiger partial charge in [0, 0.05) is 24.2 Å². The first-order chi connectivity index (χ1) is 11.0. The van der Waals surface area contributed by atoms with Crippen LogP contribution in [0.4, 0.5) is 11.6 Å². The summed E-state index contributed by atoms with van der Waals surface area (Å²) in [5.74, 6) is -0.173. The van der Waals surface area contributed by atoms with Crippen molar-refractivity contribution in [2.24, 2.45) is 0 Å². The van der Waals surface area contributed by atoms with E-state index in [2.05, 4.69) is 26.2 Å². The third-order valence-electron chi connectivity index (χ3n) is 2.76. The van der Waals surface area contributed by atoms with Gasteiger partial charge in [0.1, 0.15) is 0 Å². The van der Waals surface area contributed by atoms with E-state index < -0.39 is 10.8 Å². The number of aromatic nitrogens is 4. The highest BCUT2D eigenvalue weighted by Crippen LogP contribution is 2.11. The minimum atomic E-state index is -0.540. The number of aryl methyl sites for hydroxylation is 1. The summed E-state index contributed by atoms with van der Waals surface area (Å²) in [5.41, 5.74) is 0.147. The van der Waals surface area contributed by atoms with Gasteiger partial charge in [0.05, 0.1) is 4.92 Å². The molecule has 11 heteroatoms. The molecule has 0 aliphatic rings. The van der Waals surface area contributed by atoms with Gasteiger partial charge in [-0.2, -0.15) is 0 Å². The third kappa shape index (κ3) is 4.26. The molecule has 0 saturated heterocycles. The van der Waals surface area contributed by atoms with Gasteiger partial charge < -0.3 is 0 Å². The molecule has 0 fully saturated rings. The molecule has 0 aliphatic carbocycles. The quantitative estimate of drug-likeness (QED) is 0.472. The van der Waals surface area contributed by atoms with Crippen molar-refractivity contribution in [1.82, 2.24) is 25.5 Å². The number of nitrogens with one attached hydrogen (secondary N) is 2. The molecule has 120 valence electrons. The molecule has 1 aromatic carbocycles. The highest BCUT2D eigenvalue weighted by Gasteiger charge is 2.12. The molecule has 0 atom stereocenters. The molecule has 10 nitrogen and oxygen atoms in total. The van der Waals surface area contributed by atoms with E-state index in [4.69, 9.17) is 12.2 Å². The summed E-state index contributed by atoms with van der Waals surface area (Å²) in [6.45, 7) is 2.58. The molecular formula is C12H13N7O3S. The van der Waals surface area contributed by atoms with Gasteiger partial charge in [0.2, 0.25) is 5.95 Å². The topological polar surface area (TPSA) is 128 Å². The van der Waals surface area contributed by atoms with Gasteiger partial charge in [-0.15, -0.1) is 0 Å². The zero-order valence-electron chi connectivity index (χ0n) is 12.1. The van der Waals surface area contributed by atoms with Crippen LogP contribution in [0.2, 0.25) is 0 Å². The summed E-state index contributed by atoms with van der Waals surface area (Å²) < 4.78 is 1.52. The second-order valence-corrected chi connectivity index (χ2v) is 4.85. The molecule has 1 aromatic heterocycles. The van der Waals surface area contributed by atoms with Gasteiger partial charge in [-0.3, -0.25) is 25.5 Å². The molecule has 23 heavy (non-hydrogen) atoms. The summed E-state index contributed by atoms with van der Waals surface area (Å²) in [6, 6.07) is 5.18. The first-order valence-corrected chi connectivity index (χ1v) is 7.05. The highest BCUT2D eigenvalue weighted by molar-refractivity contribution is 7.80. The number of non-ortho nitro benzene ring substituents is 1. The van der Waals surface area contributed by atoms with Crippen LogP contribution < -0.4 is 10.6 Å². The van der Waals surface area contributed by atoms with E-state index in [1.54, 1.807) is 0 Å². The van der Waals surface area contributed by atoms with Gasteiger partial charge in [-0.1, -0.05) is 12.0 Å². The molecule has 2 rings (SSSR count). The van der Waals surface area contributed by atoms with E-state index >= 15 is 0 Å². The van der Waals surface area contributed by atoms with Crippen molar-refractivity contribution in [3.8, 4) is 0 Å². The van der Waals surface area contributed by atoms with Crippen molar-refractivity contribution < 1.29 is 9.72 Å². The molecule has 0 unspecified atom stereocenters. The van der Waals surface area contributed by atoms with Gasteiger partial charge in [0.25, 0.3) is 11.6 Å². The molecule has 0 bridgehead atoms. The molecule has 0 saturated carbocycles. The molecule has 0 aliphatic heterocycles. The third-order valence-corrected chi connectivity index (χ3v) is 2.96. The fraction of sp³-hybridized carbons (Fsp3) is 0.250. The predicted molar refractivity (Wildman–Crippen MR) is 84.9 cm³/mol. The molecule has 2 aromatic rings. The Bertz CT molecular complexity index is 729. The monoisotopic (exact) mass is 335 g/mol. The number of rotatable bonds is 5. The van der Waals surface area contributed by atoms with Crippen LogP contribution in [0.3, 0.4) is 0 Å². The summed E-state index contributed by atoms with van der Waals surface area (Å²) in [7, 11) is 0. The predicted octanol–water partition coefficient (Wildman–Crippen LogP) is 1.12. The summed E-state index contributed by atoms with van der Waals surface area (Å²) in [5, 5.41) is 26.8. The number of hydrogen-bond donors (Lipinski definition) is 2. The van der Waals surface area contributed by atoms with Crippen LogP contribution in [-0.2, 0) is 6.54 Å². The van der Waals surface area contributed by atoms with Gasteiger partial charge >= 0.3 is 0 Å². The van der Waals surface area contributed by atoms with Crippen LogP contribution in [0, 0.1) is 10.1 Å². The second kappa shape index (κ2) is 7.35. The lowest BCUT2D eigenvalue weighted by Gasteiger charge is -2.09. The lowest BCUT2D eigenvalue weighted by molar-refractivity contribution is -0.384. The normalized spacial score (nSPS) is 10.1. The minimum absolute atomic E-state index is 0.0282. The Labute approximate surface area is 136 Å². The smallest absolute Gasteiger partial charge is 0.269 e. The standard InChI is InChI=1S/C12H13N7O3S/c1-2-7-18-11(15-16-17-18)14-12(23)13-10(20)8-3-5-9(6-4-8)19(21)22/h3-6H,2,7H2,1H3,(H2,13,14,15,17,20,23). The molecule has 0 spiro atoms. The Kier molecular flexibility index (Phi) is 5.25. The number of hydrogen-bond acceptors (Lipinski definition) is 7. The summed E-state index contributed by atoms with van der Waals surface area (Å²) in [6.07, 6.45) is 0.835. The summed E-state index contributed by atoms with van der Waals surface area (Å²) in [4.78, 5) is 22.0. The number of nitrogens with zero attached hydrogens (tertiary/aromatic N) is 5. The van der Waals surface area contributed by atoms with E-state index in [-0.39, 0.29) is 16.4 Å². The maximum atomic E-state index is 12.0. The Hall–Kier alpha value is -2.95. The van der Waals surface area contributed by atoms with E-state index in [0.717, 1.165) is 6.42 Å². The fourth-order valence-corrected chi connectivity index (χ4v) is 1.88. The maximum Gasteiger partial charge on any atom is 0.269 e. The number of nitro benzene ring substituents is 1. The zero-order chi connectivity index (χ0) is 16.8. The molecule has 1 heterocycles. The summed E-state index contributed by atoms with van der Waals surface area (Å²) >= 11 is 5.03. The Morgan fingerprint density at radius 1 is 1.39 bits per heavy atom. The van der Waals surface area contributed by atoms with E-state index in [9.17, 15) is 14.9 Å². The maximum absolute atomic E-state index is 12.0. The zero-order valence-corrected chi connectivity index (χ0v) is 12.9. The number of amides is 1. The van der Waals surface area contributed by atoms with Gasteiger partial charge in [-0.05, 0) is 41.2 Å². The number of thiocarbonyl (C=S) groups is 1. The Balaban J connectivity index is 1.98. The van der Waals surface area contributed by atoms with Crippen molar-refractivity contribution in [2.45, 2.75) is 19.9 Å². The van der Waals surface area contributed by atoms with Crippen molar-refractivity contribution in [1.29, 1.82) is 0 Å². The number of carbonyl (C=O) groups excluding carboxylic acids is 1. The number of benzene rings is 1. The van der Waals surface area contributed by atoms with Crippen molar-refractivity contribution in [2.75, 3.05) is 5.32 Å². The Morgan fingerprint density at radius 3 is 2.70 bits per heavy atom. The molecular weight excluding hydrogens is 322 g/mol. The van der Waals surface area contributed by atoms with Crippen molar-refractivity contribution >= 4 is 34.9 Å².